The van der Waals surface area contributed by atoms with Crippen LogP contribution in [0, 0.1) is 5.92 Å². The molecule has 6 heteroatoms. The molecule has 0 bridgehead atoms. The number of hydroxylamine groups is 1. The van der Waals surface area contributed by atoms with Gasteiger partial charge in [-0.15, -0.1) is 0 Å². The Bertz CT molecular complexity index is 732. The number of rotatable bonds is 2. The second-order valence-electron chi connectivity index (χ2n) is 6.22. The van der Waals surface area contributed by atoms with Crippen LogP contribution in [0.15, 0.2) is 36.7 Å². The van der Waals surface area contributed by atoms with Crippen LogP contribution in [-0.2, 0) is 6.42 Å². The molecule has 23 heavy (non-hydrogen) atoms. The Hall–Kier alpha value is -2.47. The first-order valence-corrected chi connectivity index (χ1v) is 7.85. The molecule has 1 fully saturated rings. The number of benzene rings is 1. The summed E-state index contributed by atoms with van der Waals surface area (Å²) in [7, 11) is 0. The molecule has 0 radical (unpaired) electrons. The maximum atomic E-state index is 11.3. The van der Waals surface area contributed by atoms with E-state index in [0.717, 1.165) is 25.9 Å². The maximum absolute atomic E-state index is 11.3. The van der Waals surface area contributed by atoms with E-state index in [1.165, 1.54) is 23.5 Å². The van der Waals surface area contributed by atoms with Crippen molar-refractivity contribution >= 4 is 11.9 Å². The zero-order valence-corrected chi connectivity index (χ0v) is 12.6. The Morgan fingerprint density at radius 2 is 2.04 bits per heavy atom. The Balaban J connectivity index is 1.50. The Kier molecular flexibility index (Phi) is 3.46. The Morgan fingerprint density at radius 3 is 2.83 bits per heavy atom. The van der Waals surface area contributed by atoms with Crippen molar-refractivity contribution in [3.8, 4) is 0 Å². The van der Waals surface area contributed by atoms with Crippen LogP contribution >= 0.6 is 0 Å². The zero-order valence-electron chi connectivity index (χ0n) is 12.6. The topological polar surface area (TPSA) is 78.3 Å². The predicted octanol–water partition coefficient (Wildman–Crippen LogP) is 1.76. The molecule has 1 aliphatic heterocycles. The average Bonchev–Trinajstić information content (AvgIpc) is 2.99. The van der Waals surface area contributed by atoms with Crippen molar-refractivity contribution in [2.45, 2.75) is 18.8 Å². The molecule has 2 unspecified atom stereocenters. The summed E-state index contributed by atoms with van der Waals surface area (Å²) in [5.74, 6) is 1.29. The van der Waals surface area contributed by atoms with Gasteiger partial charge in [0.05, 0.1) is 5.56 Å². The first-order chi connectivity index (χ1) is 11.3. The summed E-state index contributed by atoms with van der Waals surface area (Å²) in [5.41, 5.74) is 4.82. The van der Waals surface area contributed by atoms with Crippen molar-refractivity contribution in [1.29, 1.82) is 0 Å². The van der Waals surface area contributed by atoms with Crippen molar-refractivity contribution in [3.63, 3.8) is 0 Å². The highest BCUT2D eigenvalue weighted by Crippen LogP contribution is 2.43. The number of carbonyl (C=O) groups is 1. The second kappa shape index (κ2) is 5.62. The van der Waals surface area contributed by atoms with Crippen molar-refractivity contribution in [1.82, 2.24) is 15.4 Å². The normalized spacial score (nSPS) is 22.4. The van der Waals surface area contributed by atoms with Gasteiger partial charge in [0, 0.05) is 25.5 Å². The van der Waals surface area contributed by atoms with Crippen LogP contribution in [-0.4, -0.2) is 34.2 Å². The van der Waals surface area contributed by atoms with E-state index in [1.807, 2.05) is 0 Å². The van der Waals surface area contributed by atoms with Gasteiger partial charge >= 0.3 is 0 Å². The highest BCUT2D eigenvalue weighted by molar-refractivity contribution is 5.92. The van der Waals surface area contributed by atoms with Crippen LogP contribution in [0.2, 0.25) is 0 Å². The number of nitrogens with zero attached hydrogens (tertiary/aromatic N) is 3. The van der Waals surface area contributed by atoms with Gasteiger partial charge in [0.15, 0.2) is 0 Å². The third-order valence-electron chi connectivity index (χ3n) is 4.96. The van der Waals surface area contributed by atoms with Crippen LogP contribution < -0.4 is 10.4 Å². The molecule has 1 saturated heterocycles. The molecule has 2 N–H and O–H groups in total. The summed E-state index contributed by atoms with van der Waals surface area (Å²) in [6, 6.07) is 8.73. The zero-order chi connectivity index (χ0) is 15.8. The van der Waals surface area contributed by atoms with E-state index in [2.05, 4.69) is 39.1 Å². The summed E-state index contributed by atoms with van der Waals surface area (Å²) in [6.45, 7) is 1.85. The number of hydrogen-bond donors (Lipinski definition) is 2. The smallest absolute Gasteiger partial charge is 0.277 e. The molecule has 1 aliphatic carbocycles. The number of nitrogens with one attached hydrogen (secondary N) is 1. The number of anilines is 1. The Morgan fingerprint density at radius 1 is 1.26 bits per heavy atom. The molecule has 0 spiro atoms. The fourth-order valence-corrected chi connectivity index (χ4v) is 3.86. The third kappa shape index (κ3) is 2.45. The highest BCUT2D eigenvalue weighted by Gasteiger charge is 2.37. The van der Waals surface area contributed by atoms with Gasteiger partial charge in [-0.25, -0.2) is 15.4 Å². The molecule has 1 aromatic heterocycles. The van der Waals surface area contributed by atoms with Crippen LogP contribution in [0.1, 0.15) is 33.8 Å². The van der Waals surface area contributed by atoms with Crippen molar-refractivity contribution < 1.29 is 10.0 Å². The number of amides is 1. The van der Waals surface area contributed by atoms with E-state index in [4.69, 9.17) is 5.21 Å². The van der Waals surface area contributed by atoms with E-state index in [9.17, 15) is 4.79 Å². The molecular weight excluding hydrogens is 292 g/mol. The fourth-order valence-electron chi connectivity index (χ4n) is 3.86. The minimum absolute atomic E-state index is 0.249. The minimum atomic E-state index is -0.596. The van der Waals surface area contributed by atoms with E-state index in [1.54, 1.807) is 5.48 Å². The summed E-state index contributed by atoms with van der Waals surface area (Å²) in [6.07, 6.45) is 5.11. The number of fused-ring (bicyclic) bond motifs is 3. The maximum Gasteiger partial charge on any atom is 0.277 e. The minimum Gasteiger partial charge on any atom is -0.340 e. The third-order valence-corrected chi connectivity index (χ3v) is 4.96. The number of aromatic nitrogens is 2. The summed E-state index contributed by atoms with van der Waals surface area (Å²) in [4.78, 5) is 22.1. The van der Waals surface area contributed by atoms with Gasteiger partial charge < -0.3 is 4.90 Å². The van der Waals surface area contributed by atoms with Crippen molar-refractivity contribution in [2.75, 3.05) is 18.0 Å². The molecule has 2 aromatic rings. The molecule has 2 heterocycles. The van der Waals surface area contributed by atoms with Gasteiger partial charge in [0.2, 0.25) is 5.95 Å². The van der Waals surface area contributed by atoms with Gasteiger partial charge in [-0.1, -0.05) is 24.3 Å². The fraction of sp³-hybridized carbons (Fsp3) is 0.353. The molecule has 0 saturated carbocycles. The monoisotopic (exact) mass is 310 g/mol. The van der Waals surface area contributed by atoms with Crippen LogP contribution in [0.5, 0.6) is 0 Å². The summed E-state index contributed by atoms with van der Waals surface area (Å²) in [5, 5.41) is 8.63. The van der Waals surface area contributed by atoms with E-state index >= 15 is 0 Å². The van der Waals surface area contributed by atoms with Gasteiger partial charge in [-0.2, -0.15) is 0 Å². The van der Waals surface area contributed by atoms with Crippen LogP contribution in [0.25, 0.3) is 0 Å². The predicted molar refractivity (Wildman–Crippen MR) is 84.5 cm³/mol. The largest absolute Gasteiger partial charge is 0.340 e. The highest BCUT2D eigenvalue weighted by atomic mass is 16.5. The van der Waals surface area contributed by atoms with Crippen molar-refractivity contribution in [3.05, 3.63) is 53.3 Å². The lowest BCUT2D eigenvalue weighted by molar-refractivity contribution is 0.0705. The van der Waals surface area contributed by atoms with Gasteiger partial charge in [-0.05, 0) is 35.8 Å². The summed E-state index contributed by atoms with van der Waals surface area (Å²) >= 11 is 0. The lowest BCUT2D eigenvalue weighted by Crippen LogP contribution is -2.39. The molecule has 1 aromatic carbocycles. The first kappa shape index (κ1) is 14.1. The van der Waals surface area contributed by atoms with Crippen molar-refractivity contribution in [2.24, 2.45) is 5.92 Å². The molecule has 6 nitrogen and oxygen atoms in total. The average molecular weight is 310 g/mol. The quantitative estimate of drug-likeness (QED) is 0.653. The van der Waals surface area contributed by atoms with E-state index < -0.39 is 5.91 Å². The van der Waals surface area contributed by atoms with Gasteiger partial charge in [0.25, 0.3) is 5.91 Å². The molecular formula is C17H18N4O2. The van der Waals surface area contributed by atoms with E-state index in [0.29, 0.717) is 17.8 Å². The van der Waals surface area contributed by atoms with Crippen LogP contribution in [0.4, 0.5) is 5.95 Å². The molecule has 4 rings (SSSR count). The number of hydrogen-bond acceptors (Lipinski definition) is 5. The molecule has 2 atom stereocenters. The first-order valence-electron chi connectivity index (χ1n) is 7.85. The molecule has 2 aliphatic rings. The van der Waals surface area contributed by atoms with Gasteiger partial charge in [-0.3, -0.25) is 10.0 Å². The number of piperidine rings is 1. The molecule has 118 valence electrons. The Labute approximate surface area is 134 Å². The lowest BCUT2D eigenvalue weighted by Gasteiger charge is -2.35. The van der Waals surface area contributed by atoms with E-state index in [-0.39, 0.29) is 5.56 Å². The SMILES string of the molecule is O=C(NO)c1cnc(N2CCC3c4ccccc4CC3C2)nc1. The van der Waals surface area contributed by atoms with Gasteiger partial charge in [0.1, 0.15) is 0 Å². The lowest BCUT2D eigenvalue weighted by atomic mass is 9.86. The summed E-state index contributed by atoms with van der Waals surface area (Å²) < 4.78 is 0. The standard InChI is InChI=1S/C17H18N4O2/c22-16(20-23)13-8-18-17(19-9-13)21-6-5-15-12(10-21)7-11-3-1-2-4-14(11)15/h1-4,8-9,12,15,23H,5-7,10H2,(H,20,22). The number of carbonyl (C=O) groups excluding carboxylic acids is 1. The molecule has 1 amide bonds. The van der Waals surface area contributed by atoms with Crippen LogP contribution in [0.3, 0.4) is 0 Å². The second-order valence-corrected chi connectivity index (χ2v) is 6.22.